The minimum Gasteiger partial charge on any atom is -0.491 e. The van der Waals surface area contributed by atoms with Gasteiger partial charge >= 0.3 is 0 Å². The molecule has 7 heteroatoms. The number of rotatable bonds is 5. The van der Waals surface area contributed by atoms with Crippen molar-refractivity contribution in [3.63, 3.8) is 0 Å². The van der Waals surface area contributed by atoms with E-state index in [9.17, 15) is 0 Å². The number of aromatic nitrogens is 4. The largest absolute Gasteiger partial charge is 0.491 e. The lowest BCUT2D eigenvalue weighted by Gasteiger charge is -2.27. The Hall–Kier alpha value is -2.31. The molecule has 1 saturated carbocycles. The monoisotopic (exact) mass is 314 g/mol. The number of hydrogen-bond acceptors (Lipinski definition) is 6. The smallest absolute Gasteiger partial charge is 0.227 e. The third kappa shape index (κ3) is 3.09. The summed E-state index contributed by atoms with van der Waals surface area (Å²) in [6.45, 7) is 2.03. The summed E-state index contributed by atoms with van der Waals surface area (Å²) in [6, 6.07) is 2.06. The Bertz CT molecular complexity index is 675. The molecule has 2 fully saturated rings. The molecule has 0 amide bonds. The SMILES string of the molecule is COc1cnc(N2CCCCC2)nc1Nc1cc(C2CC2)[nH]n1. The summed E-state index contributed by atoms with van der Waals surface area (Å²) in [4.78, 5) is 11.3. The number of nitrogens with one attached hydrogen (secondary N) is 2. The predicted molar refractivity (Wildman–Crippen MR) is 88.5 cm³/mol. The van der Waals surface area contributed by atoms with Crippen LogP contribution in [0.2, 0.25) is 0 Å². The molecular formula is C16H22N6O. The Kier molecular flexibility index (Phi) is 3.77. The lowest BCUT2D eigenvalue weighted by Crippen LogP contribution is -2.31. The maximum Gasteiger partial charge on any atom is 0.227 e. The summed E-state index contributed by atoms with van der Waals surface area (Å²) < 4.78 is 5.38. The van der Waals surface area contributed by atoms with Crippen LogP contribution < -0.4 is 15.0 Å². The standard InChI is InChI=1S/C16H22N6O/c1-23-13-10-17-16(22-7-3-2-4-8-22)19-15(13)18-14-9-12(20-21-14)11-5-6-11/h9-11H,2-8H2,1H3,(H2,17,18,19,20,21). The molecule has 7 nitrogen and oxygen atoms in total. The van der Waals surface area contributed by atoms with Crippen molar-refractivity contribution in [1.82, 2.24) is 20.2 Å². The van der Waals surface area contributed by atoms with Crippen molar-refractivity contribution in [3.05, 3.63) is 18.0 Å². The molecule has 122 valence electrons. The van der Waals surface area contributed by atoms with E-state index in [1.807, 2.05) is 0 Å². The second-order valence-electron chi connectivity index (χ2n) is 6.24. The van der Waals surface area contributed by atoms with Crippen molar-refractivity contribution in [3.8, 4) is 5.75 Å². The Morgan fingerprint density at radius 2 is 2.09 bits per heavy atom. The average Bonchev–Trinajstić information content (AvgIpc) is 3.35. The van der Waals surface area contributed by atoms with Crippen molar-refractivity contribution >= 4 is 17.6 Å². The Labute approximate surface area is 135 Å². The fourth-order valence-electron chi connectivity index (χ4n) is 2.97. The fourth-order valence-corrected chi connectivity index (χ4v) is 2.97. The first-order valence-corrected chi connectivity index (χ1v) is 8.32. The molecule has 1 aliphatic carbocycles. The first-order valence-electron chi connectivity index (χ1n) is 8.32. The minimum absolute atomic E-state index is 0.627. The number of piperidine rings is 1. The zero-order valence-corrected chi connectivity index (χ0v) is 13.4. The van der Waals surface area contributed by atoms with E-state index in [2.05, 4.69) is 36.4 Å². The number of aromatic amines is 1. The van der Waals surface area contributed by atoms with Gasteiger partial charge in [0.2, 0.25) is 5.95 Å². The van der Waals surface area contributed by atoms with E-state index >= 15 is 0 Å². The number of methoxy groups -OCH3 is 1. The molecule has 0 unspecified atom stereocenters. The number of H-pyrrole nitrogens is 1. The van der Waals surface area contributed by atoms with Crippen molar-refractivity contribution in [2.45, 2.75) is 38.0 Å². The minimum atomic E-state index is 0.627. The molecule has 23 heavy (non-hydrogen) atoms. The molecule has 2 aromatic heterocycles. The lowest BCUT2D eigenvalue weighted by atomic mass is 10.1. The van der Waals surface area contributed by atoms with Crippen LogP contribution in [0.25, 0.3) is 0 Å². The lowest BCUT2D eigenvalue weighted by molar-refractivity contribution is 0.413. The zero-order chi connectivity index (χ0) is 15.6. The van der Waals surface area contributed by atoms with Gasteiger partial charge in [0.15, 0.2) is 17.4 Å². The highest BCUT2D eigenvalue weighted by Crippen LogP contribution is 2.40. The second-order valence-corrected chi connectivity index (χ2v) is 6.24. The van der Waals surface area contributed by atoms with E-state index in [4.69, 9.17) is 4.74 Å². The first kappa shape index (κ1) is 14.3. The Balaban J connectivity index is 1.56. The van der Waals surface area contributed by atoms with Crippen LogP contribution in [0.1, 0.15) is 43.7 Å². The van der Waals surface area contributed by atoms with E-state index in [-0.39, 0.29) is 0 Å². The molecule has 0 aromatic carbocycles. The molecule has 4 rings (SSSR count). The van der Waals surface area contributed by atoms with E-state index in [0.29, 0.717) is 17.5 Å². The van der Waals surface area contributed by atoms with Gasteiger partial charge in [-0.2, -0.15) is 10.1 Å². The highest BCUT2D eigenvalue weighted by Gasteiger charge is 2.25. The second kappa shape index (κ2) is 6.06. The van der Waals surface area contributed by atoms with Gasteiger partial charge in [0.05, 0.1) is 13.3 Å². The Morgan fingerprint density at radius 1 is 1.26 bits per heavy atom. The van der Waals surface area contributed by atoms with Crippen LogP contribution in [0, 0.1) is 0 Å². The molecule has 2 N–H and O–H groups in total. The van der Waals surface area contributed by atoms with Gasteiger partial charge in [-0.15, -0.1) is 0 Å². The van der Waals surface area contributed by atoms with Crippen LogP contribution in [0.3, 0.4) is 0 Å². The number of nitrogens with zero attached hydrogens (tertiary/aromatic N) is 4. The molecule has 1 aliphatic heterocycles. The van der Waals surface area contributed by atoms with Crippen molar-refractivity contribution in [1.29, 1.82) is 0 Å². The summed E-state index contributed by atoms with van der Waals surface area (Å²) >= 11 is 0. The van der Waals surface area contributed by atoms with Gasteiger partial charge in [-0.05, 0) is 32.1 Å². The predicted octanol–water partition coefficient (Wildman–Crippen LogP) is 2.82. The van der Waals surface area contributed by atoms with Crippen LogP contribution in [0.15, 0.2) is 12.3 Å². The van der Waals surface area contributed by atoms with E-state index in [1.54, 1.807) is 13.3 Å². The van der Waals surface area contributed by atoms with E-state index in [0.717, 1.165) is 24.9 Å². The average molecular weight is 314 g/mol. The van der Waals surface area contributed by atoms with E-state index in [1.165, 1.54) is 37.8 Å². The highest BCUT2D eigenvalue weighted by molar-refractivity contribution is 5.61. The van der Waals surface area contributed by atoms with E-state index < -0.39 is 0 Å². The van der Waals surface area contributed by atoms with Gasteiger partial charge < -0.3 is 15.0 Å². The third-order valence-electron chi connectivity index (χ3n) is 4.46. The van der Waals surface area contributed by atoms with Gasteiger partial charge in [0, 0.05) is 30.8 Å². The first-order chi connectivity index (χ1) is 11.3. The maximum atomic E-state index is 5.38. The number of hydrogen-bond donors (Lipinski definition) is 2. The molecular weight excluding hydrogens is 292 g/mol. The van der Waals surface area contributed by atoms with Crippen LogP contribution in [0.4, 0.5) is 17.6 Å². The quantitative estimate of drug-likeness (QED) is 0.883. The molecule has 0 atom stereocenters. The van der Waals surface area contributed by atoms with Gasteiger partial charge in [0.25, 0.3) is 0 Å². The maximum absolute atomic E-state index is 5.38. The van der Waals surface area contributed by atoms with Crippen LogP contribution in [-0.2, 0) is 0 Å². The van der Waals surface area contributed by atoms with Gasteiger partial charge in [-0.3, -0.25) is 5.10 Å². The normalized spacial score (nSPS) is 18.0. The topological polar surface area (TPSA) is 79.0 Å². The fraction of sp³-hybridized carbons (Fsp3) is 0.562. The van der Waals surface area contributed by atoms with Crippen molar-refractivity contribution in [2.75, 3.05) is 30.4 Å². The molecule has 0 bridgehead atoms. The molecule has 3 heterocycles. The summed E-state index contributed by atoms with van der Waals surface area (Å²) in [6.07, 6.45) is 7.91. The summed E-state index contributed by atoms with van der Waals surface area (Å²) in [5, 5.41) is 10.7. The highest BCUT2D eigenvalue weighted by atomic mass is 16.5. The molecule has 0 spiro atoms. The molecule has 1 saturated heterocycles. The summed E-state index contributed by atoms with van der Waals surface area (Å²) in [5.74, 6) is 3.47. The molecule has 2 aromatic rings. The van der Waals surface area contributed by atoms with Crippen LogP contribution >= 0.6 is 0 Å². The van der Waals surface area contributed by atoms with Gasteiger partial charge in [-0.1, -0.05) is 0 Å². The van der Waals surface area contributed by atoms with Crippen LogP contribution in [-0.4, -0.2) is 40.4 Å². The van der Waals surface area contributed by atoms with Crippen molar-refractivity contribution < 1.29 is 4.74 Å². The van der Waals surface area contributed by atoms with Crippen LogP contribution in [0.5, 0.6) is 5.75 Å². The van der Waals surface area contributed by atoms with Gasteiger partial charge in [0.1, 0.15) is 0 Å². The zero-order valence-electron chi connectivity index (χ0n) is 13.4. The summed E-state index contributed by atoms with van der Waals surface area (Å²) in [7, 11) is 1.63. The van der Waals surface area contributed by atoms with Gasteiger partial charge in [-0.25, -0.2) is 4.98 Å². The van der Waals surface area contributed by atoms with Crippen molar-refractivity contribution in [2.24, 2.45) is 0 Å². The Morgan fingerprint density at radius 3 is 2.83 bits per heavy atom. The molecule has 2 aliphatic rings. The summed E-state index contributed by atoms with van der Waals surface area (Å²) in [5.41, 5.74) is 1.19. The molecule has 0 radical (unpaired) electrons. The third-order valence-corrected chi connectivity index (χ3v) is 4.46. The number of ether oxygens (including phenoxy) is 1. The number of anilines is 3.